The lowest BCUT2D eigenvalue weighted by Gasteiger charge is -2.26. The molecule has 6 rings (SSSR count). The Kier molecular flexibility index (Phi) is 4.82. The monoisotopic (exact) mass is 444 g/mol. The number of nitrogens with zero attached hydrogens (tertiary/aromatic N) is 5. The molecule has 1 fully saturated rings. The molecule has 1 aromatic carbocycles. The summed E-state index contributed by atoms with van der Waals surface area (Å²) in [4.78, 5) is 27.6. The molecular formula is C22H22N9O2+. The lowest BCUT2D eigenvalue weighted by molar-refractivity contribution is -0.579. The van der Waals surface area contributed by atoms with Crippen LogP contribution in [0.3, 0.4) is 0 Å². The zero-order valence-electron chi connectivity index (χ0n) is 17.7. The van der Waals surface area contributed by atoms with E-state index in [1.165, 1.54) is 5.56 Å². The van der Waals surface area contributed by atoms with E-state index < -0.39 is 0 Å². The van der Waals surface area contributed by atoms with Gasteiger partial charge in [-0.15, -0.1) is 4.52 Å². The predicted molar refractivity (Wildman–Crippen MR) is 119 cm³/mol. The van der Waals surface area contributed by atoms with Crippen LogP contribution in [-0.2, 0) is 11.3 Å². The highest BCUT2D eigenvalue weighted by atomic mass is 16.5. The van der Waals surface area contributed by atoms with Crippen LogP contribution in [0.2, 0.25) is 0 Å². The second kappa shape index (κ2) is 8.11. The quantitative estimate of drug-likeness (QED) is 0.304. The fourth-order valence-electron chi connectivity index (χ4n) is 4.08. The average Bonchev–Trinajstić information content (AvgIpc) is 3.57. The Hall–Kier alpha value is -4.09. The number of carbonyl (C=O) groups is 1. The van der Waals surface area contributed by atoms with Crippen molar-refractivity contribution < 1.29 is 14.0 Å². The van der Waals surface area contributed by atoms with Crippen LogP contribution >= 0.6 is 0 Å². The molecule has 11 nitrogen and oxygen atoms in total. The molecular weight excluding hydrogens is 422 g/mol. The smallest absolute Gasteiger partial charge is 0.360 e. The number of nitrogens with one attached hydrogen (secondary N) is 4. The summed E-state index contributed by atoms with van der Waals surface area (Å²) in [5.41, 5.74) is 5.09. The zero-order chi connectivity index (χ0) is 22.2. The Bertz CT molecular complexity index is 1440. The van der Waals surface area contributed by atoms with Gasteiger partial charge in [0, 0.05) is 25.7 Å². The van der Waals surface area contributed by atoms with Crippen LogP contribution in [-0.4, -0.2) is 67.4 Å². The summed E-state index contributed by atoms with van der Waals surface area (Å²) in [7, 11) is 0. The highest BCUT2D eigenvalue weighted by Crippen LogP contribution is 2.26. The number of hydrogen-bond acceptors (Lipinski definition) is 6. The van der Waals surface area contributed by atoms with Crippen LogP contribution in [0.25, 0.3) is 28.2 Å². The number of benzene rings is 1. The van der Waals surface area contributed by atoms with Gasteiger partial charge in [-0.2, -0.15) is 5.10 Å². The first-order valence-electron chi connectivity index (χ1n) is 10.7. The minimum atomic E-state index is -0.293. The molecule has 5 heterocycles. The Morgan fingerprint density at radius 3 is 3.09 bits per heavy atom. The summed E-state index contributed by atoms with van der Waals surface area (Å²) >= 11 is 0. The van der Waals surface area contributed by atoms with Gasteiger partial charge in [-0.25, -0.2) is 10.1 Å². The summed E-state index contributed by atoms with van der Waals surface area (Å²) < 4.78 is 7.11. The van der Waals surface area contributed by atoms with Gasteiger partial charge in [-0.05, 0) is 22.7 Å². The molecule has 0 unspecified atom stereocenters. The number of H-pyrrole nitrogens is 3. The van der Waals surface area contributed by atoms with Crippen molar-refractivity contribution in [3.05, 3.63) is 60.2 Å². The van der Waals surface area contributed by atoms with Gasteiger partial charge in [0.1, 0.15) is 18.1 Å². The van der Waals surface area contributed by atoms with Gasteiger partial charge in [0.25, 0.3) is 5.91 Å². The molecule has 1 amide bonds. The predicted octanol–water partition coefficient (Wildman–Crippen LogP) is 1.50. The first kappa shape index (κ1) is 19.6. The minimum Gasteiger partial charge on any atom is -0.379 e. The van der Waals surface area contributed by atoms with Crippen molar-refractivity contribution >= 4 is 28.3 Å². The van der Waals surface area contributed by atoms with E-state index in [1.54, 1.807) is 35.4 Å². The Labute approximate surface area is 187 Å². The molecule has 1 aliphatic rings. The molecule has 0 bridgehead atoms. The van der Waals surface area contributed by atoms with Crippen LogP contribution in [0.15, 0.2) is 49.1 Å². The van der Waals surface area contributed by atoms with Gasteiger partial charge in [-0.3, -0.25) is 14.8 Å². The Morgan fingerprint density at radius 2 is 2.18 bits per heavy atom. The first-order chi connectivity index (χ1) is 16.2. The number of anilines is 1. The molecule has 0 aliphatic carbocycles. The van der Waals surface area contributed by atoms with E-state index in [9.17, 15) is 4.79 Å². The molecule has 0 atom stereocenters. The highest BCUT2D eigenvalue weighted by Gasteiger charge is 2.22. The summed E-state index contributed by atoms with van der Waals surface area (Å²) in [6.07, 6.45) is 6.63. The summed E-state index contributed by atoms with van der Waals surface area (Å²) in [6.45, 7) is 4.30. The van der Waals surface area contributed by atoms with E-state index in [0.717, 1.165) is 43.9 Å². The van der Waals surface area contributed by atoms with Gasteiger partial charge >= 0.3 is 5.65 Å². The molecule has 1 saturated heterocycles. The standard InChI is InChI=1S/C22H21N9O2/c32-22(15-11-25-31-5-1-4-23-21(15)31)28-18-12-24-29-19(18)20-26-16-3-2-14(10-17(16)27-20)13-30-6-8-33-9-7-30/h1-5,10-12H,6-9,13H2,(H3,24,26,27,28,29,32)/p+1. The molecule has 0 radical (unpaired) electrons. The lowest BCUT2D eigenvalue weighted by Crippen LogP contribution is -2.35. The number of amides is 1. The highest BCUT2D eigenvalue weighted by molar-refractivity contribution is 6.08. The third-order valence-electron chi connectivity index (χ3n) is 5.76. The number of imidazole rings is 1. The number of fused-ring (bicyclic) bond motifs is 2. The van der Waals surface area contributed by atoms with Crippen molar-refractivity contribution in [2.75, 3.05) is 31.6 Å². The normalized spacial score (nSPS) is 14.8. The largest absolute Gasteiger partial charge is 0.379 e. The number of hydrogen-bond donors (Lipinski definition) is 4. The van der Waals surface area contributed by atoms with Crippen LogP contribution < -0.4 is 9.83 Å². The van der Waals surface area contributed by atoms with E-state index in [2.05, 4.69) is 52.6 Å². The van der Waals surface area contributed by atoms with Gasteiger partial charge in [-0.1, -0.05) is 6.07 Å². The SMILES string of the molecule is O=C(Nc1cn[nH]c1-c1nc2ccc(CN3CCOCC3)cc2[nH]1)c1c[nH][n+]2cccnc12. The van der Waals surface area contributed by atoms with Crippen molar-refractivity contribution in [2.24, 2.45) is 0 Å². The Balaban J connectivity index is 1.25. The number of aromatic nitrogens is 7. The van der Waals surface area contributed by atoms with Crippen molar-refractivity contribution in [3.63, 3.8) is 0 Å². The van der Waals surface area contributed by atoms with Crippen molar-refractivity contribution in [1.29, 1.82) is 0 Å². The Morgan fingerprint density at radius 1 is 1.27 bits per heavy atom. The van der Waals surface area contributed by atoms with E-state index in [-0.39, 0.29) is 5.91 Å². The van der Waals surface area contributed by atoms with Crippen molar-refractivity contribution in [2.45, 2.75) is 6.54 Å². The second-order valence-corrected chi connectivity index (χ2v) is 7.94. The van der Waals surface area contributed by atoms with Gasteiger partial charge in [0.2, 0.25) is 0 Å². The lowest BCUT2D eigenvalue weighted by atomic mass is 10.2. The van der Waals surface area contributed by atoms with Crippen LogP contribution in [0, 0.1) is 0 Å². The van der Waals surface area contributed by atoms with E-state index >= 15 is 0 Å². The number of aromatic amines is 3. The average molecular weight is 444 g/mol. The van der Waals surface area contributed by atoms with Crippen LogP contribution in [0.5, 0.6) is 0 Å². The fraction of sp³-hybridized carbons (Fsp3) is 0.227. The van der Waals surface area contributed by atoms with E-state index in [0.29, 0.717) is 28.4 Å². The maximum absolute atomic E-state index is 12.9. The summed E-state index contributed by atoms with van der Waals surface area (Å²) in [6, 6.07) is 8.01. The van der Waals surface area contributed by atoms with E-state index in [4.69, 9.17) is 4.74 Å². The topological polar surface area (TPSA) is 132 Å². The van der Waals surface area contributed by atoms with Gasteiger partial charge < -0.3 is 15.0 Å². The molecule has 166 valence electrons. The van der Waals surface area contributed by atoms with Crippen molar-refractivity contribution in [3.8, 4) is 11.5 Å². The maximum Gasteiger partial charge on any atom is 0.360 e. The molecule has 5 aromatic rings. The van der Waals surface area contributed by atoms with E-state index in [1.807, 2.05) is 6.07 Å². The van der Waals surface area contributed by atoms with Crippen molar-refractivity contribution in [1.82, 2.24) is 35.1 Å². The molecule has 11 heteroatoms. The van der Waals surface area contributed by atoms with Gasteiger partial charge in [0.05, 0.1) is 42.3 Å². The van der Waals surface area contributed by atoms with Crippen LogP contribution in [0.4, 0.5) is 5.69 Å². The third kappa shape index (κ3) is 3.73. The van der Waals surface area contributed by atoms with Gasteiger partial charge in [0.15, 0.2) is 11.4 Å². The number of morpholine rings is 1. The number of ether oxygens (including phenoxy) is 1. The molecule has 33 heavy (non-hydrogen) atoms. The number of rotatable bonds is 5. The number of carbonyl (C=O) groups excluding carboxylic acids is 1. The molecule has 1 aliphatic heterocycles. The molecule has 4 aromatic heterocycles. The second-order valence-electron chi connectivity index (χ2n) is 7.94. The maximum atomic E-state index is 12.9. The van der Waals surface area contributed by atoms with Crippen LogP contribution in [0.1, 0.15) is 15.9 Å². The zero-order valence-corrected chi connectivity index (χ0v) is 17.7. The molecule has 0 spiro atoms. The fourth-order valence-corrected chi connectivity index (χ4v) is 4.08. The summed E-state index contributed by atoms with van der Waals surface area (Å²) in [5.74, 6) is 0.312. The minimum absolute atomic E-state index is 0.293. The third-order valence-corrected chi connectivity index (χ3v) is 5.76. The summed E-state index contributed by atoms with van der Waals surface area (Å²) in [5, 5.41) is 13.0. The first-order valence-corrected chi connectivity index (χ1v) is 10.7. The molecule has 4 N–H and O–H groups in total. The molecule has 0 saturated carbocycles.